The van der Waals surface area contributed by atoms with Crippen LogP contribution in [0.5, 0.6) is 0 Å². The topological polar surface area (TPSA) is 35.2 Å². The van der Waals surface area contributed by atoms with Gasteiger partial charge in [-0.15, -0.1) is 11.3 Å². The van der Waals surface area contributed by atoms with E-state index in [-0.39, 0.29) is 5.60 Å². The molecule has 2 rings (SSSR count). The number of benzene rings is 1. The van der Waals surface area contributed by atoms with Gasteiger partial charge in [-0.3, -0.25) is 0 Å². The molecule has 0 bridgehead atoms. The van der Waals surface area contributed by atoms with Crippen LogP contribution in [0.1, 0.15) is 12.5 Å². The van der Waals surface area contributed by atoms with Crippen molar-refractivity contribution in [2.45, 2.75) is 12.5 Å². The molecule has 0 aliphatic carbocycles. The molecule has 2 aromatic rings. The summed E-state index contributed by atoms with van der Waals surface area (Å²) in [5.74, 6) is 0. The van der Waals surface area contributed by atoms with Crippen LogP contribution in [0.25, 0.3) is 10.1 Å². The highest BCUT2D eigenvalue weighted by molar-refractivity contribution is 7.17. The molecule has 0 spiro atoms. The van der Waals surface area contributed by atoms with E-state index < -0.39 is 0 Å². The lowest BCUT2D eigenvalue weighted by Crippen LogP contribution is -2.33. The summed E-state index contributed by atoms with van der Waals surface area (Å²) in [5.41, 5.74) is 6.59. The van der Waals surface area contributed by atoms with Crippen molar-refractivity contribution >= 4 is 21.4 Å². The fourth-order valence-electron chi connectivity index (χ4n) is 1.69. The zero-order valence-corrected chi connectivity index (χ0v) is 9.80. The molecule has 1 unspecified atom stereocenters. The molecule has 0 radical (unpaired) electrons. The zero-order chi connectivity index (χ0) is 10.9. The van der Waals surface area contributed by atoms with Gasteiger partial charge in [0.2, 0.25) is 0 Å². The van der Waals surface area contributed by atoms with Gasteiger partial charge in [-0.2, -0.15) is 0 Å². The molecule has 1 atom stereocenters. The van der Waals surface area contributed by atoms with E-state index in [9.17, 15) is 0 Å². The van der Waals surface area contributed by atoms with Crippen LogP contribution >= 0.6 is 11.3 Å². The molecule has 1 heterocycles. The Bertz CT molecular complexity index is 459. The normalized spacial score (nSPS) is 15.4. The molecule has 2 nitrogen and oxygen atoms in total. The average molecular weight is 221 g/mol. The van der Waals surface area contributed by atoms with Crippen LogP contribution in [0, 0.1) is 0 Å². The summed E-state index contributed by atoms with van der Waals surface area (Å²) in [6, 6.07) is 8.34. The highest BCUT2D eigenvalue weighted by atomic mass is 32.1. The molecular weight excluding hydrogens is 206 g/mol. The van der Waals surface area contributed by atoms with Gasteiger partial charge in [0.15, 0.2) is 0 Å². The molecule has 0 fully saturated rings. The molecule has 80 valence electrons. The molecule has 2 N–H and O–H groups in total. The third-order valence-corrected chi connectivity index (χ3v) is 3.85. The molecule has 3 heteroatoms. The van der Waals surface area contributed by atoms with E-state index in [1.165, 1.54) is 15.6 Å². The summed E-state index contributed by atoms with van der Waals surface area (Å²) < 4.78 is 6.80. The summed E-state index contributed by atoms with van der Waals surface area (Å²) >= 11 is 1.74. The van der Waals surface area contributed by atoms with Gasteiger partial charge in [-0.05, 0) is 23.8 Å². The SMILES string of the molecule is COC(C)(CN)c1csc2ccccc12. The number of ether oxygens (including phenoxy) is 1. The van der Waals surface area contributed by atoms with Crippen molar-refractivity contribution in [3.63, 3.8) is 0 Å². The van der Waals surface area contributed by atoms with Crippen molar-refractivity contribution in [2.24, 2.45) is 5.73 Å². The molecule has 15 heavy (non-hydrogen) atoms. The Morgan fingerprint density at radius 2 is 2.13 bits per heavy atom. The third-order valence-electron chi connectivity index (χ3n) is 2.89. The third kappa shape index (κ3) is 1.67. The van der Waals surface area contributed by atoms with E-state index in [1.807, 2.05) is 13.0 Å². The largest absolute Gasteiger partial charge is 0.372 e. The molecular formula is C12H15NOS. The van der Waals surface area contributed by atoms with Crippen LogP contribution < -0.4 is 5.73 Å². The number of rotatable bonds is 3. The molecule has 1 aromatic heterocycles. The smallest absolute Gasteiger partial charge is 0.103 e. The highest BCUT2D eigenvalue weighted by Gasteiger charge is 2.27. The Balaban J connectivity index is 2.61. The number of fused-ring (bicyclic) bond motifs is 1. The van der Waals surface area contributed by atoms with Crippen molar-refractivity contribution in [2.75, 3.05) is 13.7 Å². The van der Waals surface area contributed by atoms with Crippen LogP contribution in [-0.2, 0) is 10.3 Å². The molecule has 0 aliphatic heterocycles. The highest BCUT2D eigenvalue weighted by Crippen LogP contribution is 2.34. The molecule has 0 saturated carbocycles. The Kier molecular flexibility index (Phi) is 2.78. The van der Waals surface area contributed by atoms with Crippen LogP contribution in [0.4, 0.5) is 0 Å². The van der Waals surface area contributed by atoms with Crippen molar-refractivity contribution < 1.29 is 4.74 Å². The van der Waals surface area contributed by atoms with Crippen LogP contribution in [-0.4, -0.2) is 13.7 Å². The molecule has 0 amide bonds. The summed E-state index contributed by atoms with van der Waals surface area (Å²) in [6.45, 7) is 2.52. The summed E-state index contributed by atoms with van der Waals surface area (Å²) in [7, 11) is 1.71. The fourth-order valence-corrected chi connectivity index (χ4v) is 2.77. The standard InChI is InChI=1S/C12H15NOS/c1-12(8-13,14-2)10-7-15-11-6-4-3-5-9(10)11/h3-7H,8,13H2,1-2H3. The van der Waals surface area contributed by atoms with Gasteiger partial charge in [-0.25, -0.2) is 0 Å². The van der Waals surface area contributed by atoms with E-state index in [0.717, 1.165) is 0 Å². The minimum atomic E-state index is -0.375. The zero-order valence-electron chi connectivity index (χ0n) is 8.99. The Hall–Kier alpha value is -0.900. The number of nitrogens with two attached hydrogens (primary N) is 1. The Morgan fingerprint density at radius 3 is 2.80 bits per heavy atom. The second-order valence-corrected chi connectivity index (χ2v) is 4.70. The maximum atomic E-state index is 5.78. The fraction of sp³-hybridized carbons (Fsp3) is 0.333. The van der Waals surface area contributed by atoms with E-state index >= 15 is 0 Å². The minimum absolute atomic E-state index is 0.375. The minimum Gasteiger partial charge on any atom is -0.372 e. The maximum absolute atomic E-state index is 5.78. The van der Waals surface area contributed by atoms with Gasteiger partial charge in [0.1, 0.15) is 5.60 Å². The predicted octanol–water partition coefficient (Wildman–Crippen LogP) is 2.72. The van der Waals surface area contributed by atoms with Gasteiger partial charge < -0.3 is 10.5 Å². The number of hydrogen-bond acceptors (Lipinski definition) is 3. The maximum Gasteiger partial charge on any atom is 0.103 e. The second kappa shape index (κ2) is 3.93. The van der Waals surface area contributed by atoms with Gasteiger partial charge >= 0.3 is 0 Å². The first kappa shape index (κ1) is 10.6. The molecule has 0 aliphatic rings. The Morgan fingerprint density at radius 1 is 1.40 bits per heavy atom. The lowest BCUT2D eigenvalue weighted by molar-refractivity contribution is 0.0116. The van der Waals surface area contributed by atoms with E-state index in [1.54, 1.807) is 18.4 Å². The van der Waals surface area contributed by atoms with Gasteiger partial charge in [0, 0.05) is 23.9 Å². The first-order valence-electron chi connectivity index (χ1n) is 4.93. The van der Waals surface area contributed by atoms with Crippen molar-refractivity contribution in [3.05, 3.63) is 35.2 Å². The average Bonchev–Trinajstić information content (AvgIpc) is 2.72. The quantitative estimate of drug-likeness (QED) is 0.865. The van der Waals surface area contributed by atoms with Crippen LogP contribution in [0.2, 0.25) is 0 Å². The van der Waals surface area contributed by atoms with Crippen molar-refractivity contribution in [1.82, 2.24) is 0 Å². The van der Waals surface area contributed by atoms with Gasteiger partial charge in [-0.1, -0.05) is 18.2 Å². The number of methoxy groups -OCH3 is 1. The Labute approximate surface area is 93.7 Å². The lowest BCUT2D eigenvalue weighted by atomic mass is 9.95. The molecule has 1 aromatic carbocycles. The van der Waals surface area contributed by atoms with Crippen molar-refractivity contribution in [1.29, 1.82) is 0 Å². The predicted molar refractivity (Wildman–Crippen MR) is 65.2 cm³/mol. The van der Waals surface area contributed by atoms with Gasteiger partial charge in [0.25, 0.3) is 0 Å². The first-order valence-corrected chi connectivity index (χ1v) is 5.81. The monoisotopic (exact) mass is 221 g/mol. The molecule has 0 saturated heterocycles. The van der Waals surface area contributed by atoms with E-state index in [4.69, 9.17) is 10.5 Å². The van der Waals surface area contributed by atoms with Crippen LogP contribution in [0.15, 0.2) is 29.6 Å². The van der Waals surface area contributed by atoms with E-state index in [0.29, 0.717) is 6.54 Å². The van der Waals surface area contributed by atoms with Crippen LogP contribution in [0.3, 0.4) is 0 Å². The van der Waals surface area contributed by atoms with Gasteiger partial charge in [0.05, 0.1) is 0 Å². The number of thiophene rings is 1. The van der Waals surface area contributed by atoms with E-state index in [2.05, 4.69) is 23.6 Å². The second-order valence-electron chi connectivity index (χ2n) is 3.78. The lowest BCUT2D eigenvalue weighted by Gasteiger charge is -2.26. The summed E-state index contributed by atoms with van der Waals surface area (Å²) in [5, 5.41) is 3.39. The first-order chi connectivity index (χ1) is 7.21. The summed E-state index contributed by atoms with van der Waals surface area (Å²) in [6.07, 6.45) is 0. The van der Waals surface area contributed by atoms with Crippen molar-refractivity contribution in [3.8, 4) is 0 Å². The summed E-state index contributed by atoms with van der Waals surface area (Å²) in [4.78, 5) is 0. The number of hydrogen-bond donors (Lipinski definition) is 1.